The van der Waals surface area contributed by atoms with Crippen LogP contribution < -0.4 is 21.3 Å². The predicted octanol–water partition coefficient (Wildman–Crippen LogP) is 3.10. The molecule has 0 bridgehead atoms. The number of ether oxygens (including phenoxy) is 1. The van der Waals surface area contributed by atoms with Crippen LogP contribution in [0.1, 0.15) is 30.6 Å². The number of amides is 3. The maximum Gasteiger partial charge on any atom is 0.251 e. The summed E-state index contributed by atoms with van der Waals surface area (Å²) in [6, 6.07) is 13.8. The van der Waals surface area contributed by atoms with E-state index in [-0.39, 0.29) is 24.3 Å². The van der Waals surface area contributed by atoms with Gasteiger partial charge in [0.15, 0.2) is 0 Å². The van der Waals surface area contributed by atoms with E-state index in [4.69, 9.17) is 4.74 Å². The van der Waals surface area contributed by atoms with Gasteiger partial charge in [0.1, 0.15) is 0 Å². The van der Waals surface area contributed by atoms with Crippen LogP contribution in [0.15, 0.2) is 48.5 Å². The molecular weight excluding hydrogens is 396 g/mol. The van der Waals surface area contributed by atoms with Gasteiger partial charge in [-0.2, -0.15) is 0 Å². The van der Waals surface area contributed by atoms with Gasteiger partial charge >= 0.3 is 0 Å². The van der Waals surface area contributed by atoms with Gasteiger partial charge in [-0.25, -0.2) is 0 Å². The van der Waals surface area contributed by atoms with Crippen molar-refractivity contribution < 1.29 is 19.1 Å². The molecule has 2 rings (SSSR count). The van der Waals surface area contributed by atoms with Gasteiger partial charge in [-0.1, -0.05) is 13.8 Å². The zero-order valence-corrected chi connectivity index (χ0v) is 18.2. The van der Waals surface area contributed by atoms with Crippen molar-refractivity contribution in [2.24, 2.45) is 5.92 Å². The molecule has 0 unspecified atom stereocenters. The molecule has 0 heterocycles. The van der Waals surface area contributed by atoms with Crippen LogP contribution in [-0.2, 0) is 14.3 Å². The van der Waals surface area contributed by atoms with Gasteiger partial charge in [0.25, 0.3) is 5.91 Å². The second-order valence-corrected chi connectivity index (χ2v) is 7.45. The van der Waals surface area contributed by atoms with E-state index < -0.39 is 0 Å². The van der Waals surface area contributed by atoms with Gasteiger partial charge in [0, 0.05) is 42.7 Å². The van der Waals surface area contributed by atoms with Crippen LogP contribution in [0.2, 0.25) is 0 Å². The summed E-state index contributed by atoms with van der Waals surface area (Å²) in [5.74, 6) is -0.130. The van der Waals surface area contributed by atoms with Gasteiger partial charge in [-0.05, 0) is 54.4 Å². The van der Waals surface area contributed by atoms with E-state index in [0.29, 0.717) is 42.4 Å². The lowest BCUT2D eigenvalue weighted by molar-refractivity contribution is -0.117. The zero-order valence-electron chi connectivity index (χ0n) is 18.2. The smallest absolute Gasteiger partial charge is 0.251 e. The minimum absolute atomic E-state index is 0.0198. The van der Waals surface area contributed by atoms with Gasteiger partial charge in [0.2, 0.25) is 11.8 Å². The van der Waals surface area contributed by atoms with Crippen molar-refractivity contribution in [1.29, 1.82) is 0 Å². The van der Waals surface area contributed by atoms with Crippen molar-refractivity contribution in [3.63, 3.8) is 0 Å². The Morgan fingerprint density at radius 2 is 1.39 bits per heavy atom. The average molecular weight is 427 g/mol. The predicted molar refractivity (Wildman–Crippen MR) is 122 cm³/mol. The molecule has 31 heavy (non-hydrogen) atoms. The van der Waals surface area contributed by atoms with Crippen LogP contribution in [0, 0.1) is 5.92 Å². The molecule has 0 saturated carbocycles. The SMILES string of the molecule is COCCNC(=O)c1ccc(NC(=O)CNc2ccc(NC(=O)CC(C)C)cc2)cc1. The van der Waals surface area contributed by atoms with Gasteiger partial charge < -0.3 is 26.0 Å². The van der Waals surface area contributed by atoms with E-state index in [0.717, 1.165) is 5.69 Å². The molecule has 0 spiro atoms. The third-order valence-corrected chi connectivity index (χ3v) is 4.24. The van der Waals surface area contributed by atoms with E-state index in [1.54, 1.807) is 55.6 Å². The monoisotopic (exact) mass is 426 g/mol. The number of anilines is 3. The second kappa shape index (κ2) is 12.3. The van der Waals surface area contributed by atoms with Gasteiger partial charge in [-0.15, -0.1) is 0 Å². The molecule has 166 valence electrons. The van der Waals surface area contributed by atoms with Crippen molar-refractivity contribution in [3.8, 4) is 0 Å². The summed E-state index contributed by atoms with van der Waals surface area (Å²) < 4.78 is 4.89. The lowest BCUT2D eigenvalue weighted by atomic mass is 10.1. The minimum atomic E-state index is -0.216. The summed E-state index contributed by atoms with van der Waals surface area (Å²) in [7, 11) is 1.57. The molecule has 0 aliphatic carbocycles. The number of rotatable bonds is 11. The topological polar surface area (TPSA) is 109 Å². The lowest BCUT2D eigenvalue weighted by Gasteiger charge is -2.10. The fourth-order valence-corrected chi connectivity index (χ4v) is 2.72. The number of carbonyl (C=O) groups excluding carboxylic acids is 3. The van der Waals surface area contributed by atoms with Gasteiger partial charge in [0.05, 0.1) is 13.2 Å². The maximum absolute atomic E-state index is 12.2. The first kappa shape index (κ1) is 23.9. The molecule has 0 atom stereocenters. The number of hydrogen-bond acceptors (Lipinski definition) is 5. The van der Waals surface area contributed by atoms with E-state index in [1.165, 1.54) is 0 Å². The highest BCUT2D eigenvalue weighted by atomic mass is 16.5. The summed E-state index contributed by atoms with van der Waals surface area (Å²) in [5, 5.41) is 11.4. The Labute approximate surface area is 182 Å². The number of benzene rings is 2. The number of carbonyl (C=O) groups is 3. The van der Waals surface area contributed by atoms with Crippen LogP contribution >= 0.6 is 0 Å². The Morgan fingerprint density at radius 1 is 0.839 bits per heavy atom. The Kier molecular flexibility index (Phi) is 9.51. The molecule has 8 heteroatoms. The molecular formula is C23H30N4O4. The molecule has 3 amide bonds. The summed E-state index contributed by atoms with van der Waals surface area (Å²) in [5.41, 5.74) is 2.59. The first-order chi connectivity index (χ1) is 14.9. The van der Waals surface area contributed by atoms with Gasteiger partial charge in [-0.3, -0.25) is 14.4 Å². The largest absolute Gasteiger partial charge is 0.383 e. The average Bonchev–Trinajstić information content (AvgIpc) is 2.73. The third-order valence-electron chi connectivity index (χ3n) is 4.24. The van der Waals surface area contributed by atoms with Crippen molar-refractivity contribution in [1.82, 2.24) is 5.32 Å². The molecule has 2 aromatic rings. The normalized spacial score (nSPS) is 10.5. The molecule has 0 aliphatic heterocycles. The van der Waals surface area contributed by atoms with E-state index in [2.05, 4.69) is 21.3 Å². The highest BCUT2D eigenvalue weighted by molar-refractivity contribution is 5.96. The van der Waals surface area contributed by atoms with Crippen LogP contribution in [0.4, 0.5) is 17.1 Å². The van der Waals surface area contributed by atoms with Crippen LogP contribution in [-0.4, -0.2) is 44.5 Å². The number of hydrogen-bond donors (Lipinski definition) is 4. The molecule has 0 radical (unpaired) electrons. The van der Waals surface area contributed by atoms with E-state index in [9.17, 15) is 14.4 Å². The van der Waals surface area contributed by atoms with Crippen molar-refractivity contribution in [3.05, 3.63) is 54.1 Å². The van der Waals surface area contributed by atoms with Crippen molar-refractivity contribution >= 4 is 34.8 Å². The van der Waals surface area contributed by atoms with Crippen LogP contribution in [0.25, 0.3) is 0 Å². The molecule has 4 N–H and O–H groups in total. The summed E-state index contributed by atoms with van der Waals surface area (Å²) in [6.45, 7) is 4.95. The molecule has 0 aromatic heterocycles. The highest BCUT2D eigenvalue weighted by Gasteiger charge is 2.07. The van der Waals surface area contributed by atoms with Crippen LogP contribution in [0.3, 0.4) is 0 Å². The summed E-state index contributed by atoms with van der Waals surface area (Å²) in [4.78, 5) is 35.9. The van der Waals surface area contributed by atoms with Crippen molar-refractivity contribution in [2.45, 2.75) is 20.3 Å². The Hall–Kier alpha value is -3.39. The minimum Gasteiger partial charge on any atom is -0.383 e. The second-order valence-electron chi connectivity index (χ2n) is 7.45. The lowest BCUT2D eigenvalue weighted by Crippen LogP contribution is -2.27. The molecule has 2 aromatic carbocycles. The summed E-state index contributed by atoms with van der Waals surface area (Å²) >= 11 is 0. The first-order valence-electron chi connectivity index (χ1n) is 10.2. The van der Waals surface area contributed by atoms with E-state index >= 15 is 0 Å². The zero-order chi connectivity index (χ0) is 22.6. The highest BCUT2D eigenvalue weighted by Crippen LogP contribution is 2.15. The molecule has 8 nitrogen and oxygen atoms in total. The molecule has 0 fully saturated rings. The standard InChI is InChI=1S/C23H30N4O4/c1-16(2)14-21(28)26-20-10-8-18(9-11-20)25-15-22(29)27-19-6-4-17(5-7-19)23(30)24-12-13-31-3/h4-11,16,25H,12-15H2,1-3H3,(H,24,30)(H,26,28)(H,27,29). The van der Waals surface area contributed by atoms with Crippen LogP contribution in [0.5, 0.6) is 0 Å². The first-order valence-corrected chi connectivity index (χ1v) is 10.2. The molecule has 0 saturated heterocycles. The maximum atomic E-state index is 12.2. The Morgan fingerprint density at radius 3 is 1.97 bits per heavy atom. The number of nitrogens with one attached hydrogen (secondary N) is 4. The van der Waals surface area contributed by atoms with E-state index in [1.807, 2.05) is 13.8 Å². The quantitative estimate of drug-likeness (QED) is 0.413. The Balaban J connectivity index is 1.77. The third kappa shape index (κ3) is 8.88. The molecule has 0 aliphatic rings. The van der Waals surface area contributed by atoms with Crippen molar-refractivity contribution in [2.75, 3.05) is 42.8 Å². The Bertz CT molecular complexity index is 864. The fourth-order valence-electron chi connectivity index (χ4n) is 2.72. The summed E-state index contributed by atoms with van der Waals surface area (Å²) in [6.07, 6.45) is 0.472. The fraction of sp³-hybridized carbons (Fsp3) is 0.348. The number of methoxy groups -OCH3 is 1.